The summed E-state index contributed by atoms with van der Waals surface area (Å²) in [6, 6.07) is 8.31. The van der Waals surface area contributed by atoms with Gasteiger partial charge in [-0.05, 0) is 37.4 Å². The fourth-order valence-corrected chi connectivity index (χ4v) is 3.25. The molecule has 1 aromatic carbocycles. The Hall–Kier alpha value is -0.390. The normalized spacial score (nSPS) is 13.4. The van der Waals surface area contributed by atoms with Crippen molar-refractivity contribution in [3.63, 3.8) is 0 Å². The van der Waals surface area contributed by atoms with E-state index in [2.05, 4.69) is 34.2 Å². The lowest BCUT2D eigenvalue weighted by Crippen LogP contribution is -2.23. The van der Waals surface area contributed by atoms with E-state index in [0.717, 1.165) is 23.9 Å². The molecule has 5 heteroatoms. The topological polar surface area (TPSA) is 46.2 Å². The summed E-state index contributed by atoms with van der Waals surface area (Å²) in [5.74, 6) is 0.252. The van der Waals surface area contributed by atoms with Crippen LogP contribution in [0, 0.1) is 0 Å². The van der Waals surface area contributed by atoms with Crippen molar-refractivity contribution in [3.05, 3.63) is 34.3 Å². The standard InChI is InChI=1S/C14H22BrNO2S/c1-3-10-16-14(9-6-11-19(2,17)18)12-7-4-5-8-13(12)15/h4-5,7-8,14,16H,3,6,9-11H2,1-2H3. The molecule has 0 bridgehead atoms. The lowest BCUT2D eigenvalue weighted by molar-refractivity contribution is 0.491. The van der Waals surface area contributed by atoms with Crippen molar-refractivity contribution in [3.8, 4) is 0 Å². The second-order valence-corrected chi connectivity index (χ2v) is 7.91. The van der Waals surface area contributed by atoms with Gasteiger partial charge in [0, 0.05) is 22.5 Å². The zero-order chi connectivity index (χ0) is 14.3. The van der Waals surface area contributed by atoms with Crippen molar-refractivity contribution in [1.29, 1.82) is 0 Å². The molecule has 0 spiro atoms. The van der Waals surface area contributed by atoms with Crippen LogP contribution in [0.5, 0.6) is 0 Å². The molecule has 0 radical (unpaired) electrons. The number of hydrogen-bond acceptors (Lipinski definition) is 3. The van der Waals surface area contributed by atoms with E-state index in [9.17, 15) is 8.42 Å². The van der Waals surface area contributed by atoms with Gasteiger partial charge < -0.3 is 5.32 Å². The van der Waals surface area contributed by atoms with E-state index >= 15 is 0 Å². The zero-order valence-corrected chi connectivity index (χ0v) is 13.9. The van der Waals surface area contributed by atoms with Gasteiger partial charge in [-0.15, -0.1) is 0 Å². The Morgan fingerprint density at radius 2 is 2.00 bits per heavy atom. The molecule has 0 aromatic heterocycles. The lowest BCUT2D eigenvalue weighted by Gasteiger charge is -2.20. The molecular formula is C14H22BrNO2S. The Labute approximate surface area is 124 Å². The van der Waals surface area contributed by atoms with Gasteiger partial charge >= 0.3 is 0 Å². The maximum atomic E-state index is 11.2. The Morgan fingerprint density at radius 1 is 1.32 bits per heavy atom. The zero-order valence-electron chi connectivity index (χ0n) is 11.5. The minimum Gasteiger partial charge on any atom is -0.310 e. The van der Waals surface area contributed by atoms with E-state index in [1.165, 1.54) is 11.8 Å². The van der Waals surface area contributed by atoms with E-state index in [1.807, 2.05) is 18.2 Å². The van der Waals surface area contributed by atoms with Gasteiger partial charge in [-0.3, -0.25) is 0 Å². The quantitative estimate of drug-likeness (QED) is 0.784. The summed E-state index contributed by atoms with van der Waals surface area (Å²) in [6.07, 6.45) is 3.87. The summed E-state index contributed by atoms with van der Waals surface area (Å²) >= 11 is 3.56. The molecule has 0 amide bonds. The SMILES string of the molecule is CCCNC(CCCS(C)(=O)=O)c1ccccc1Br. The number of benzene rings is 1. The van der Waals surface area contributed by atoms with E-state index in [1.54, 1.807) is 0 Å². The van der Waals surface area contributed by atoms with Crippen LogP contribution in [0.3, 0.4) is 0 Å². The molecule has 0 aliphatic rings. The van der Waals surface area contributed by atoms with Crippen molar-refractivity contribution in [2.75, 3.05) is 18.6 Å². The molecule has 0 fully saturated rings. The van der Waals surface area contributed by atoms with E-state index in [-0.39, 0.29) is 11.8 Å². The minimum absolute atomic E-state index is 0.206. The third-order valence-electron chi connectivity index (χ3n) is 2.93. The molecular weight excluding hydrogens is 326 g/mol. The van der Waals surface area contributed by atoms with Gasteiger partial charge in [0.2, 0.25) is 0 Å². The van der Waals surface area contributed by atoms with Crippen molar-refractivity contribution < 1.29 is 8.42 Å². The lowest BCUT2D eigenvalue weighted by atomic mass is 10.0. The second kappa shape index (κ2) is 8.02. The molecule has 1 rings (SSSR count). The van der Waals surface area contributed by atoms with Gasteiger partial charge in [0.05, 0.1) is 0 Å². The highest BCUT2D eigenvalue weighted by atomic mass is 79.9. The van der Waals surface area contributed by atoms with Crippen molar-refractivity contribution in [2.45, 2.75) is 32.2 Å². The van der Waals surface area contributed by atoms with Crippen LogP contribution in [0.2, 0.25) is 0 Å². The van der Waals surface area contributed by atoms with Crippen molar-refractivity contribution >= 4 is 25.8 Å². The number of halogens is 1. The van der Waals surface area contributed by atoms with Gasteiger partial charge in [0.1, 0.15) is 9.84 Å². The third kappa shape index (κ3) is 6.54. The first kappa shape index (κ1) is 16.7. The minimum atomic E-state index is -2.87. The Morgan fingerprint density at radius 3 is 2.58 bits per heavy atom. The Kier molecular flexibility index (Phi) is 7.04. The first-order chi connectivity index (χ1) is 8.94. The molecule has 1 N–H and O–H groups in total. The monoisotopic (exact) mass is 347 g/mol. The highest BCUT2D eigenvalue weighted by Gasteiger charge is 2.14. The fourth-order valence-electron chi connectivity index (χ4n) is 1.99. The molecule has 1 aromatic rings. The average Bonchev–Trinajstić information content (AvgIpc) is 2.33. The Bertz CT molecular complexity index is 488. The molecule has 0 saturated carbocycles. The highest BCUT2D eigenvalue weighted by molar-refractivity contribution is 9.10. The number of rotatable bonds is 8. The molecule has 3 nitrogen and oxygen atoms in total. The van der Waals surface area contributed by atoms with E-state index < -0.39 is 9.84 Å². The largest absolute Gasteiger partial charge is 0.310 e. The molecule has 19 heavy (non-hydrogen) atoms. The second-order valence-electron chi connectivity index (χ2n) is 4.80. The number of nitrogens with one attached hydrogen (secondary N) is 1. The molecule has 108 valence electrons. The first-order valence-electron chi connectivity index (χ1n) is 6.59. The molecule has 0 saturated heterocycles. The highest BCUT2D eigenvalue weighted by Crippen LogP contribution is 2.26. The molecule has 1 unspecified atom stereocenters. The van der Waals surface area contributed by atoms with Gasteiger partial charge in [-0.2, -0.15) is 0 Å². The first-order valence-corrected chi connectivity index (χ1v) is 9.45. The van der Waals surface area contributed by atoms with Crippen LogP contribution in [-0.4, -0.2) is 27.0 Å². The molecule has 0 aliphatic carbocycles. The number of hydrogen-bond donors (Lipinski definition) is 1. The summed E-state index contributed by atoms with van der Waals surface area (Å²) in [5, 5.41) is 3.49. The predicted octanol–water partition coefficient (Wildman–Crippen LogP) is 3.31. The van der Waals surface area contributed by atoms with Crippen LogP contribution in [-0.2, 0) is 9.84 Å². The summed E-state index contributed by atoms with van der Waals surface area (Å²) < 4.78 is 23.5. The summed E-state index contributed by atoms with van der Waals surface area (Å²) in [6.45, 7) is 3.06. The van der Waals surface area contributed by atoms with Crippen LogP contribution < -0.4 is 5.32 Å². The van der Waals surface area contributed by atoms with Crippen LogP contribution >= 0.6 is 15.9 Å². The summed E-state index contributed by atoms with van der Waals surface area (Å²) in [7, 11) is -2.87. The van der Waals surface area contributed by atoms with Gasteiger partial charge in [0.15, 0.2) is 0 Å². The van der Waals surface area contributed by atoms with Crippen LogP contribution in [0.1, 0.15) is 37.8 Å². The van der Waals surface area contributed by atoms with E-state index in [4.69, 9.17) is 0 Å². The average molecular weight is 348 g/mol. The maximum absolute atomic E-state index is 11.2. The maximum Gasteiger partial charge on any atom is 0.147 e. The van der Waals surface area contributed by atoms with Gasteiger partial charge in [-0.25, -0.2) is 8.42 Å². The Balaban J connectivity index is 2.69. The fraction of sp³-hybridized carbons (Fsp3) is 0.571. The van der Waals surface area contributed by atoms with Gasteiger partial charge in [0.25, 0.3) is 0 Å². The third-order valence-corrected chi connectivity index (χ3v) is 4.68. The number of sulfone groups is 1. The van der Waals surface area contributed by atoms with Crippen LogP contribution in [0.4, 0.5) is 0 Å². The smallest absolute Gasteiger partial charge is 0.147 e. The predicted molar refractivity (Wildman–Crippen MR) is 84.1 cm³/mol. The van der Waals surface area contributed by atoms with E-state index in [0.29, 0.717) is 6.42 Å². The summed E-state index contributed by atoms with van der Waals surface area (Å²) in [5.41, 5.74) is 1.20. The summed E-state index contributed by atoms with van der Waals surface area (Å²) in [4.78, 5) is 0. The van der Waals surface area contributed by atoms with Crippen molar-refractivity contribution in [2.24, 2.45) is 0 Å². The molecule has 0 aliphatic heterocycles. The van der Waals surface area contributed by atoms with Crippen LogP contribution in [0.15, 0.2) is 28.7 Å². The van der Waals surface area contributed by atoms with Gasteiger partial charge in [-0.1, -0.05) is 41.1 Å². The molecule has 0 heterocycles. The van der Waals surface area contributed by atoms with Crippen molar-refractivity contribution in [1.82, 2.24) is 5.32 Å². The molecule has 1 atom stereocenters. The van der Waals surface area contributed by atoms with Crippen LogP contribution in [0.25, 0.3) is 0 Å².